The van der Waals surface area contributed by atoms with E-state index < -0.39 is 5.97 Å². The van der Waals surface area contributed by atoms with Crippen LogP contribution >= 0.6 is 0 Å². The van der Waals surface area contributed by atoms with Gasteiger partial charge in [0.25, 0.3) is 0 Å². The van der Waals surface area contributed by atoms with Gasteiger partial charge in [-0.2, -0.15) is 0 Å². The second-order valence-corrected chi connectivity index (χ2v) is 6.67. The quantitative estimate of drug-likeness (QED) is 0.429. The number of Topliss-reactive ketones (excluding diaryl/α,β-unsaturated/α-hetero) is 1. The van der Waals surface area contributed by atoms with E-state index in [0.29, 0.717) is 12.0 Å². The van der Waals surface area contributed by atoms with Crippen LogP contribution in [0.25, 0.3) is 0 Å². The Labute approximate surface area is 160 Å². The van der Waals surface area contributed by atoms with Gasteiger partial charge >= 0.3 is 5.97 Å². The van der Waals surface area contributed by atoms with Crippen molar-refractivity contribution < 1.29 is 14.7 Å². The fourth-order valence-corrected chi connectivity index (χ4v) is 2.77. The molecule has 0 amide bonds. The predicted molar refractivity (Wildman–Crippen MR) is 109 cm³/mol. The SMILES string of the molecule is C[C@H](/C=C(/C=C/C(=O)O)Cc1ccccc1)C(=O)c1ccc(N(C)C)cc1. The Morgan fingerprint density at radius 2 is 1.63 bits per heavy atom. The highest BCUT2D eigenvalue weighted by atomic mass is 16.4. The largest absolute Gasteiger partial charge is 0.478 e. The summed E-state index contributed by atoms with van der Waals surface area (Å²) in [5.74, 6) is -1.35. The van der Waals surface area contributed by atoms with Crippen LogP contribution in [-0.2, 0) is 11.2 Å². The van der Waals surface area contributed by atoms with Gasteiger partial charge in [-0.25, -0.2) is 4.79 Å². The third-order valence-electron chi connectivity index (χ3n) is 4.24. The molecule has 0 spiro atoms. The van der Waals surface area contributed by atoms with Crippen LogP contribution < -0.4 is 4.90 Å². The van der Waals surface area contributed by atoms with Gasteiger partial charge in [0.2, 0.25) is 0 Å². The zero-order valence-electron chi connectivity index (χ0n) is 15.9. The summed E-state index contributed by atoms with van der Waals surface area (Å²) in [6, 6.07) is 17.3. The molecule has 0 radical (unpaired) electrons. The molecule has 2 aromatic rings. The lowest BCUT2D eigenvalue weighted by Crippen LogP contribution is -2.12. The van der Waals surface area contributed by atoms with Gasteiger partial charge in [0.1, 0.15) is 0 Å². The first-order valence-corrected chi connectivity index (χ1v) is 8.84. The molecule has 0 aromatic heterocycles. The molecule has 0 aliphatic carbocycles. The van der Waals surface area contributed by atoms with Crippen molar-refractivity contribution in [3.05, 3.63) is 89.5 Å². The number of aliphatic carboxylic acids is 1. The van der Waals surface area contributed by atoms with Crippen molar-refractivity contribution >= 4 is 17.4 Å². The summed E-state index contributed by atoms with van der Waals surface area (Å²) in [4.78, 5) is 25.6. The van der Waals surface area contributed by atoms with Gasteiger partial charge in [0, 0.05) is 37.3 Å². The molecule has 0 aliphatic rings. The van der Waals surface area contributed by atoms with Crippen molar-refractivity contribution in [2.75, 3.05) is 19.0 Å². The third kappa shape index (κ3) is 6.26. The summed E-state index contributed by atoms with van der Waals surface area (Å²) in [5.41, 5.74) is 3.54. The third-order valence-corrected chi connectivity index (χ3v) is 4.24. The predicted octanol–water partition coefficient (Wildman–Crippen LogP) is 4.38. The fraction of sp³-hybridized carbons (Fsp3) is 0.217. The minimum Gasteiger partial charge on any atom is -0.478 e. The molecule has 1 N–H and O–H groups in total. The molecular formula is C23H25NO3. The van der Waals surface area contributed by atoms with E-state index >= 15 is 0 Å². The zero-order valence-corrected chi connectivity index (χ0v) is 15.9. The Morgan fingerprint density at radius 1 is 1.00 bits per heavy atom. The van der Waals surface area contributed by atoms with Crippen LogP contribution in [0.3, 0.4) is 0 Å². The molecule has 27 heavy (non-hydrogen) atoms. The van der Waals surface area contributed by atoms with Crippen molar-refractivity contribution in [2.24, 2.45) is 5.92 Å². The summed E-state index contributed by atoms with van der Waals surface area (Å²) in [6.07, 6.45) is 5.09. The molecule has 0 bridgehead atoms. The highest BCUT2D eigenvalue weighted by Crippen LogP contribution is 2.18. The minimum absolute atomic E-state index is 0.00888. The molecule has 0 unspecified atom stereocenters. The number of hydrogen-bond donors (Lipinski definition) is 1. The molecule has 2 aromatic carbocycles. The van der Waals surface area contributed by atoms with Gasteiger partial charge in [0.05, 0.1) is 0 Å². The lowest BCUT2D eigenvalue weighted by Gasteiger charge is -2.13. The van der Waals surface area contributed by atoms with Crippen molar-refractivity contribution in [3.63, 3.8) is 0 Å². The fourth-order valence-electron chi connectivity index (χ4n) is 2.77. The topological polar surface area (TPSA) is 57.6 Å². The molecule has 0 saturated carbocycles. The molecule has 4 heteroatoms. The monoisotopic (exact) mass is 363 g/mol. The van der Waals surface area contributed by atoms with Gasteiger partial charge in [-0.05, 0) is 41.8 Å². The van der Waals surface area contributed by atoms with Crippen LogP contribution in [0.15, 0.2) is 78.4 Å². The highest BCUT2D eigenvalue weighted by Gasteiger charge is 2.14. The van der Waals surface area contributed by atoms with Crippen molar-refractivity contribution in [2.45, 2.75) is 13.3 Å². The van der Waals surface area contributed by atoms with Crippen LogP contribution in [0.5, 0.6) is 0 Å². The van der Waals surface area contributed by atoms with E-state index in [1.54, 1.807) is 6.08 Å². The molecule has 4 nitrogen and oxygen atoms in total. The lowest BCUT2D eigenvalue weighted by atomic mass is 9.94. The van der Waals surface area contributed by atoms with Gasteiger partial charge in [0.15, 0.2) is 5.78 Å². The van der Waals surface area contributed by atoms with E-state index in [4.69, 9.17) is 5.11 Å². The standard InChI is InChI=1S/C23H25NO3/c1-17(23(27)20-10-12-21(13-11-20)24(2)3)15-19(9-14-22(25)26)16-18-7-5-4-6-8-18/h4-15,17H,16H2,1-3H3,(H,25,26)/b14-9+,19-15-/t17-/m1/s1. The maximum Gasteiger partial charge on any atom is 0.328 e. The second-order valence-electron chi connectivity index (χ2n) is 6.67. The molecule has 0 heterocycles. The molecule has 0 fully saturated rings. The van der Waals surface area contributed by atoms with Crippen LogP contribution in [0, 0.1) is 5.92 Å². The Balaban J connectivity index is 2.22. The van der Waals surface area contributed by atoms with Crippen LogP contribution in [0.4, 0.5) is 5.69 Å². The van der Waals surface area contributed by atoms with E-state index in [2.05, 4.69) is 0 Å². The van der Waals surface area contributed by atoms with Gasteiger partial charge in [-0.1, -0.05) is 49.4 Å². The molecule has 2 rings (SSSR count). The van der Waals surface area contributed by atoms with Gasteiger partial charge in [-0.3, -0.25) is 4.79 Å². The number of benzene rings is 2. The number of ketones is 1. The average molecular weight is 363 g/mol. The number of carboxylic acids is 1. The Morgan fingerprint density at radius 3 is 2.19 bits per heavy atom. The van der Waals surface area contributed by atoms with E-state index in [0.717, 1.165) is 22.9 Å². The molecule has 1 atom stereocenters. The number of carboxylic acid groups (broad SMARTS) is 1. The number of nitrogens with zero attached hydrogens (tertiary/aromatic N) is 1. The Bertz CT molecular complexity index is 834. The first-order valence-electron chi connectivity index (χ1n) is 8.84. The van der Waals surface area contributed by atoms with E-state index in [9.17, 15) is 9.59 Å². The second kappa shape index (κ2) is 9.53. The zero-order chi connectivity index (χ0) is 19.8. The van der Waals surface area contributed by atoms with E-state index in [1.165, 1.54) is 0 Å². The minimum atomic E-state index is -1.01. The van der Waals surface area contributed by atoms with Crippen molar-refractivity contribution in [1.82, 2.24) is 0 Å². The van der Waals surface area contributed by atoms with Crippen molar-refractivity contribution in [1.29, 1.82) is 0 Å². The summed E-state index contributed by atoms with van der Waals surface area (Å²) >= 11 is 0. The first kappa shape index (κ1) is 20.2. The maximum atomic E-state index is 12.8. The van der Waals surface area contributed by atoms with Crippen LogP contribution in [0.2, 0.25) is 0 Å². The number of anilines is 1. The summed E-state index contributed by atoms with van der Waals surface area (Å²) < 4.78 is 0. The number of hydrogen-bond acceptors (Lipinski definition) is 3. The van der Waals surface area contributed by atoms with E-state index in [1.807, 2.05) is 86.6 Å². The van der Waals surface area contributed by atoms with Crippen LogP contribution in [-0.4, -0.2) is 31.0 Å². The van der Waals surface area contributed by atoms with Crippen LogP contribution in [0.1, 0.15) is 22.8 Å². The molecule has 0 saturated heterocycles. The van der Waals surface area contributed by atoms with Crippen molar-refractivity contribution in [3.8, 4) is 0 Å². The summed E-state index contributed by atoms with van der Waals surface area (Å²) in [7, 11) is 3.90. The first-order chi connectivity index (χ1) is 12.9. The Kier molecular flexibility index (Phi) is 7.12. The van der Waals surface area contributed by atoms with E-state index in [-0.39, 0.29) is 11.7 Å². The normalized spacial score (nSPS) is 12.8. The molecule has 140 valence electrons. The van der Waals surface area contributed by atoms with Gasteiger partial charge < -0.3 is 10.0 Å². The number of carbonyl (C=O) groups excluding carboxylic acids is 1. The highest BCUT2D eigenvalue weighted by molar-refractivity contribution is 5.99. The number of allylic oxidation sites excluding steroid dienone is 3. The summed E-state index contributed by atoms with van der Waals surface area (Å²) in [5, 5.41) is 8.94. The Hall–Kier alpha value is -3.14. The summed E-state index contributed by atoms with van der Waals surface area (Å²) in [6.45, 7) is 1.84. The van der Waals surface area contributed by atoms with Gasteiger partial charge in [-0.15, -0.1) is 0 Å². The number of carbonyl (C=O) groups is 2. The maximum absolute atomic E-state index is 12.8. The smallest absolute Gasteiger partial charge is 0.328 e. The average Bonchev–Trinajstić information content (AvgIpc) is 2.66. The number of rotatable bonds is 8. The lowest BCUT2D eigenvalue weighted by molar-refractivity contribution is -0.131. The molecular weight excluding hydrogens is 338 g/mol. The molecule has 0 aliphatic heterocycles.